The maximum absolute atomic E-state index is 14.3. The van der Waals surface area contributed by atoms with Gasteiger partial charge in [-0.3, -0.25) is 4.68 Å². The molecule has 2 N–H and O–H groups in total. The van der Waals surface area contributed by atoms with Gasteiger partial charge in [0.25, 0.3) is 0 Å². The van der Waals surface area contributed by atoms with E-state index in [0.717, 1.165) is 22.2 Å². The van der Waals surface area contributed by atoms with E-state index in [4.69, 9.17) is 0 Å². The molecule has 0 spiro atoms. The summed E-state index contributed by atoms with van der Waals surface area (Å²) in [7, 11) is 3.66. The third-order valence-corrected chi connectivity index (χ3v) is 4.14. The topological polar surface area (TPSA) is 71.4 Å². The van der Waals surface area contributed by atoms with Crippen molar-refractivity contribution >= 4 is 11.0 Å². The fraction of sp³-hybridized carbons (Fsp3) is 0.167. The first kappa shape index (κ1) is 15.5. The van der Waals surface area contributed by atoms with Crippen LogP contribution in [-0.4, -0.2) is 31.8 Å². The van der Waals surface area contributed by atoms with E-state index in [9.17, 15) is 4.39 Å². The second-order valence-corrected chi connectivity index (χ2v) is 5.91. The van der Waals surface area contributed by atoms with Gasteiger partial charge >= 0.3 is 0 Å². The molecule has 4 rings (SSSR count). The van der Waals surface area contributed by atoms with Crippen molar-refractivity contribution in [3.8, 4) is 22.5 Å². The molecule has 4 aromatic rings. The quantitative estimate of drug-likeness (QED) is 0.601. The summed E-state index contributed by atoms with van der Waals surface area (Å²) in [4.78, 5) is 11.9. The van der Waals surface area contributed by atoms with E-state index in [0.29, 0.717) is 23.4 Å². The van der Waals surface area contributed by atoms with E-state index >= 15 is 0 Å². The number of rotatable bonds is 4. The third-order valence-electron chi connectivity index (χ3n) is 4.14. The zero-order chi connectivity index (χ0) is 17.4. The standard InChI is InChI=1S/C18H17FN6/c1-20-7-12-4-3-11(5-15(12)19)17-14-6-16(13-8-23-25(2)9-13)24-18(14)22-10-21-17/h3-6,8-10,20H,7H2,1-2H3,(H,21,22,24). The highest BCUT2D eigenvalue weighted by molar-refractivity contribution is 5.94. The summed E-state index contributed by atoms with van der Waals surface area (Å²) >= 11 is 0. The van der Waals surface area contributed by atoms with Gasteiger partial charge < -0.3 is 10.3 Å². The second-order valence-electron chi connectivity index (χ2n) is 5.91. The Labute approximate surface area is 143 Å². The number of aromatic amines is 1. The van der Waals surface area contributed by atoms with Gasteiger partial charge in [-0.05, 0) is 19.2 Å². The molecule has 126 valence electrons. The lowest BCUT2D eigenvalue weighted by atomic mass is 10.1. The van der Waals surface area contributed by atoms with Crippen molar-refractivity contribution < 1.29 is 4.39 Å². The minimum atomic E-state index is -0.248. The van der Waals surface area contributed by atoms with Crippen LogP contribution in [0.5, 0.6) is 0 Å². The van der Waals surface area contributed by atoms with Gasteiger partial charge in [0.15, 0.2) is 0 Å². The Kier molecular flexibility index (Phi) is 3.77. The van der Waals surface area contributed by atoms with E-state index in [2.05, 4.69) is 25.4 Å². The van der Waals surface area contributed by atoms with Gasteiger partial charge in [-0.15, -0.1) is 0 Å². The zero-order valence-electron chi connectivity index (χ0n) is 13.9. The molecule has 0 radical (unpaired) electrons. The highest BCUT2D eigenvalue weighted by Crippen LogP contribution is 2.30. The van der Waals surface area contributed by atoms with Crippen molar-refractivity contribution in [3.05, 3.63) is 54.4 Å². The highest BCUT2D eigenvalue weighted by atomic mass is 19.1. The van der Waals surface area contributed by atoms with Crippen LogP contribution in [0.3, 0.4) is 0 Å². The Balaban J connectivity index is 1.82. The molecule has 1 aromatic carbocycles. The summed E-state index contributed by atoms with van der Waals surface area (Å²) in [5.41, 5.74) is 4.62. The molecular weight excluding hydrogens is 319 g/mol. The molecule has 0 aliphatic heterocycles. The Morgan fingerprint density at radius 3 is 2.80 bits per heavy atom. The zero-order valence-corrected chi connectivity index (χ0v) is 13.9. The summed E-state index contributed by atoms with van der Waals surface area (Å²) in [6.07, 6.45) is 5.19. The normalized spacial score (nSPS) is 11.3. The number of H-pyrrole nitrogens is 1. The predicted molar refractivity (Wildman–Crippen MR) is 94.2 cm³/mol. The van der Waals surface area contributed by atoms with Gasteiger partial charge in [0.2, 0.25) is 0 Å². The number of benzene rings is 1. The molecule has 3 heterocycles. The Bertz CT molecular complexity index is 1050. The number of aryl methyl sites for hydroxylation is 1. The van der Waals surface area contributed by atoms with Crippen molar-refractivity contribution in [1.29, 1.82) is 0 Å². The molecule has 0 aliphatic rings. The van der Waals surface area contributed by atoms with Crippen LogP contribution in [0.1, 0.15) is 5.56 Å². The first-order chi connectivity index (χ1) is 12.2. The molecule has 0 fully saturated rings. The Morgan fingerprint density at radius 2 is 2.08 bits per heavy atom. The summed E-state index contributed by atoms with van der Waals surface area (Å²) in [6.45, 7) is 0.487. The molecule has 6 nitrogen and oxygen atoms in total. The average molecular weight is 336 g/mol. The summed E-state index contributed by atoms with van der Waals surface area (Å²) in [5, 5.41) is 8.00. The van der Waals surface area contributed by atoms with Crippen LogP contribution < -0.4 is 5.32 Å². The number of hydrogen-bond donors (Lipinski definition) is 2. The van der Waals surface area contributed by atoms with Gasteiger partial charge in [0.05, 0.1) is 17.6 Å². The number of hydrogen-bond acceptors (Lipinski definition) is 4. The smallest absolute Gasteiger partial charge is 0.141 e. The lowest BCUT2D eigenvalue weighted by molar-refractivity contribution is 0.601. The number of nitrogens with one attached hydrogen (secondary N) is 2. The van der Waals surface area contributed by atoms with Gasteiger partial charge in [-0.1, -0.05) is 12.1 Å². The van der Waals surface area contributed by atoms with Crippen molar-refractivity contribution in [3.63, 3.8) is 0 Å². The lowest BCUT2D eigenvalue weighted by Gasteiger charge is -2.06. The summed E-state index contributed by atoms with van der Waals surface area (Å²) in [5.74, 6) is -0.248. The monoisotopic (exact) mass is 336 g/mol. The van der Waals surface area contributed by atoms with Crippen LogP contribution in [0, 0.1) is 5.82 Å². The fourth-order valence-electron chi connectivity index (χ4n) is 2.91. The average Bonchev–Trinajstić information content (AvgIpc) is 3.22. The summed E-state index contributed by atoms with van der Waals surface area (Å²) in [6, 6.07) is 7.16. The molecule has 0 saturated heterocycles. The van der Waals surface area contributed by atoms with E-state index in [1.807, 2.05) is 25.4 Å². The van der Waals surface area contributed by atoms with Gasteiger partial charge in [0.1, 0.15) is 17.8 Å². The second kappa shape index (κ2) is 6.10. The van der Waals surface area contributed by atoms with Crippen LogP contribution in [0.15, 0.2) is 43.0 Å². The molecule has 0 bridgehead atoms. The van der Waals surface area contributed by atoms with E-state index < -0.39 is 0 Å². The summed E-state index contributed by atoms with van der Waals surface area (Å²) < 4.78 is 16.0. The SMILES string of the molecule is CNCc1ccc(-c2ncnc3[nH]c(-c4cnn(C)c4)cc23)cc1F. The number of nitrogens with zero attached hydrogens (tertiary/aromatic N) is 4. The van der Waals surface area contributed by atoms with E-state index in [1.165, 1.54) is 12.4 Å². The lowest BCUT2D eigenvalue weighted by Crippen LogP contribution is -2.06. The maximum Gasteiger partial charge on any atom is 0.141 e. The molecule has 0 atom stereocenters. The molecule has 0 amide bonds. The molecule has 0 aliphatic carbocycles. The van der Waals surface area contributed by atoms with Crippen LogP contribution in [0.2, 0.25) is 0 Å². The van der Waals surface area contributed by atoms with Crippen LogP contribution in [-0.2, 0) is 13.6 Å². The molecule has 3 aromatic heterocycles. The minimum absolute atomic E-state index is 0.248. The molecule has 7 heteroatoms. The van der Waals surface area contributed by atoms with Gasteiger partial charge in [0, 0.05) is 41.9 Å². The Morgan fingerprint density at radius 1 is 1.20 bits per heavy atom. The Hall–Kier alpha value is -3.06. The number of halogens is 1. The van der Waals surface area contributed by atoms with Crippen LogP contribution in [0.4, 0.5) is 4.39 Å². The molecular formula is C18H17FN6. The third kappa shape index (κ3) is 2.78. The van der Waals surface area contributed by atoms with E-state index in [-0.39, 0.29) is 5.82 Å². The minimum Gasteiger partial charge on any atom is -0.339 e. The van der Waals surface area contributed by atoms with Gasteiger partial charge in [-0.25, -0.2) is 14.4 Å². The van der Waals surface area contributed by atoms with Crippen molar-refractivity contribution in [2.24, 2.45) is 7.05 Å². The fourth-order valence-corrected chi connectivity index (χ4v) is 2.91. The van der Waals surface area contributed by atoms with Crippen molar-refractivity contribution in [2.75, 3.05) is 7.05 Å². The number of aromatic nitrogens is 5. The molecule has 0 saturated carbocycles. The van der Waals surface area contributed by atoms with Gasteiger partial charge in [-0.2, -0.15) is 5.10 Å². The largest absolute Gasteiger partial charge is 0.339 e. The first-order valence-corrected chi connectivity index (χ1v) is 7.92. The van der Waals surface area contributed by atoms with E-state index in [1.54, 1.807) is 24.0 Å². The highest BCUT2D eigenvalue weighted by Gasteiger charge is 2.13. The van der Waals surface area contributed by atoms with Crippen molar-refractivity contribution in [2.45, 2.75) is 6.54 Å². The first-order valence-electron chi connectivity index (χ1n) is 7.92. The van der Waals surface area contributed by atoms with Crippen LogP contribution in [0.25, 0.3) is 33.5 Å². The predicted octanol–water partition coefficient (Wildman–Crippen LogP) is 2.88. The van der Waals surface area contributed by atoms with Crippen molar-refractivity contribution in [1.82, 2.24) is 30.0 Å². The maximum atomic E-state index is 14.3. The molecule has 0 unspecified atom stereocenters. The molecule has 25 heavy (non-hydrogen) atoms. The van der Waals surface area contributed by atoms with Crippen LogP contribution >= 0.6 is 0 Å². The number of fused-ring (bicyclic) bond motifs is 1.